The van der Waals surface area contributed by atoms with Gasteiger partial charge in [-0.1, -0.05) is 117 Å². The number of benzene rings is 7. The summed E-state index contributed by atoms with van der Waals surface area (Å²) in [7, 11) is 0. The lowest BCUT2D eigenvalue weighted by Gasteiger charge is -2.22. The van der Waals surface area contributed by atoms with Crippen molar-refractivity contribution in [1.82, 2.24) is 9.13 Å². The molecule has 3 nitrogen and oxygen atoms in total. The van der Waals surface area contributed by atoms with Gasteiger partial charge in [0.2, 0.25) is 0 Å². The van der Waals surface area contributed by atoms with Crippen molar-refractivity contribution in [1.29, 1.82) is 0 Å². The summed E-state index contributed by atoms with van der Waals surface area (Å²) >= 11 is 0. The molecule has 0 bridgehead atoms. The zero-order chi connectivity index (χ0) is 31.7. The van der Waals surface area contributed by atoms with Crippen LogP contribution in [0.3, 0.4) is 0 Å². The Hall–Kier alpha value is -6.06. The molecule has 0 radical (unpaired) electrons. The quantitative estimate of drug-likeness (QED) is 0.190. The number of hydrogen-bond donors (Lipinski definition) is 0. The van der Waals surface area contributed by atoms with E-state index in [1.165, 1.54) is 71.6 Å². The molecule has 3 heteroatoms. The van der Waals surface area contributed by atoms with Crippen molar-refractivity contribution in [2.75, 3.05) is 0 Å². The van der Waals surface area contributed by atoms with E-state index in [-0.39, 0.29) is 5.41 Å². The maximum Gasteiger partial charge on any atom is 0.159 e. The maximum atomic E-state index is 6.64. The van der Waals surface area contributed by atoms with Crippen molar-refractivity contribution < 1.29 is 4.42 Å². The van der Waals surface area contributed by atoms with Crippen LogP contribution in [0, 0.1) is 0 Å². The predicted molar refractivity (Wildman–Crippen MR) is 200 cm³/mol. The molecule has 0 fully saturated rings. The predicted octanol–water partition coefficient (Wildman–Crippen LogP) is 12.1. The van der Waals surface area contributed by atoms with Crippen molar-refractivity contribution in [3.63, 3.8) is 0 Å². The third kappa shape index (κ3) is 3.18. The summed E-state index contributed by atoms with van der Waals surface area (Å²) in [5, 5.41) is 7.22. The molecular formula is C45H30N2O. The zero-order valence-corrected chi connectivity index (χ0v) is 26.7. The fourth-order valence-corrected chi connectivity index (χ4v) is 8.78. The summed E-state index contributed by atoms with van der Waals surface area (Å²) in [4.78, 5) is 0. The second-order valence-electron chi connectivity index (χ2n) is 13.7. The van der Waals surface area contributed by atoms with Crippen LogP contribution in [0.4, 0.5) is 0 Å². The van der Waals surface area contributed by atoms with Crippen LogP contribution in [0.15, 0.2) is 150 Å². The number of nitrogens with zero attached hydrogens (tertiary/aromatic N) is 2. The Morgan fingerprint density at radius 3 is 2.04 bits per heavy atom. The zero-order valence-electron chi connectivity index (χ0n) is 26.7. The molecule has 3 heterocycles. The van der Waals surface area contributed by atoms with Crippen LogP contribution in [0.25, 0.3) is 88.1 Å². The van der Waals surface area contributed by atoms with Gasteiger partial charge in [0.1, 0.15) is 5.58 Å². The van der Waals surface area contributed by atoms with Crippen LogP contribution in [-0.4, -0.2) is 9.13 Å². The Bertz CT molecular complexity index is 2980. The van der Waals surface area contributed by atoms with Crippen LogP contribution in [0.2, 0.25) is 0 Å². The highest BCUT2D eigenvalue weighted by Crippen LogP contribution is 2.50. The van der Waals surface area contributed by atoms with E-state index in [1.807, 2.05) is 6.07 Å². The smallest absolute Gasteiger partial charge is 0.159 e. The normalized spacial score (nSPS) is 13.8. The van der Waals surface area contributed by atoms with E-state index in [0.29, 0.717) is 0 Å². The van der Waals surface area contributed by atoms with Crippen molar-refractivity contribution in [2.45, 2.75) is 19.3 Å². The first-order valence-corrected chi connectivity index (χ1v) is 16.7. The highest BCUT2D eigenvalue weighted by molar-refractivity contribution is 6.26. The number of para-hydroxylation sites is 4. The third-order valence-electron chi connectivity index (χ3n) is 10.9. The molecule has 10 aromatic rings. The van der Waals surface area contributed by atoms with E-state index >= 15 is 0 Å². The Balaban J connectivity index is 1.27. The third-order valence-corrected chi connectivity index (χ3v) is 10.9. The van der Waals surface area contributed by atoms with Crippen molar-refractivity contribution in [2.24, 2.45) is 0 Å². The molecule has 0 atom stereocenters. The summed E-state index contributed by atoms with van der Waals surface area (Å²) in [5.41, 5.74) is 14.2. The molecule has 1 aliphatic carbocycles. The van der Waals surface area contributed by atoms with Gasteiger partial charge in [0.25, 0.3) is 0 Å². The van der Waals surface area contributed by atoms with Gasteiger partial charge in [-0.3, -0.25) is 0 Å². The second-order valence-corrected chi connectivity index (χ2v) is 13.7. The average Bonchev–Trinajstić information content (AvgIpc) is 3.84. The van der Waals surface area contributed by atoms with Crippen LogP contribution in [-0.2, 0) is 5.41 Å². The van der Waals surface area contributed by atoms with Gasteiger partial charge < -0.3 is 13.6 Å². The first kappa shape index (κ1) is 26.1. The van der Waals surface area contributed by atoms with Crippen molar-refractivity contribution >= 4 is 65.6 Å². The minimum atomic E-state index is -0.0777. The number of furan rings is 1. The molecule has 0 aliphatic heterocycles. The molecular weight excluding hydrogens is 585 g/mol. The Morgan fingerprint density at radius 1 is 0.479 bits per heavy atom. The molecule has 3 aromatic heterocycles. The highest BCUT2D eigenvalue weighted by Gasteiger charge is 2.35. The van der Waals surface area contributed by atoms with Crippen LogP contribution >= 0.6 is 0 Å². The van der Waals surface area contributed by atoms with Crippen molar-refractivity contribution in [3.05, 3.63) is 157 Å². The molecule has 0 saturated carbocycles. The van der Waals surface area contributed by atoms with Gasteiger partial charge in [0.05, 0.1) is 27.8 Å². The largest absolute Gasteiger partial charge is 0.454 e. The Morgan fingerprint density at radius 2 is 1.17 bits per heavy atom. The lowest BCUT2D eigenvalue weighted by molar-refractivity contribution is 0.660. The molecule has 7 aromatic carbocycles. The Labute approximate surface area is 276 Å². The number of rotatable bonds is 2. The van der Waals surface area contributed by atoms with E-state index < -0.39 is 0 Å². The van der Waals surface area contributed by atoms with Gasteiger partial charge in [-0.25, -0.2) is 0 Å². The topological polar surface area (TPSA) is 23.0 Å². The second kappa shape index (κ2) is 9.05. The maximum absolute atomic E-state index is 6.64. The number of aromatic nitrogens is 2. The van der Waals surface area contributed by atoms with E-state index in [0.717, 1.165) is 27.6 Å². The fraction of sp³-hybridized carbons (Fsp3) is 0.0667. The Kier molecular flexibility index (Phi) is 4.91. The van der Waals surface area contributed by atoms with Crippen molar-refractivity contribution in [3.8, 4) is 22.5 Å². The number of fused-ring (bicyclic) bond motifs is 13. The van der Waals surface area contributed by atoms with Crippen LogP contribution in [0.5, 0.6) is 0 Å². The molecule has 0 N–H and O–H groups in total. The monoisotopic (exact) mass is 614 g/mol. The molecule has 1 aliphatic rings. The van der Waals surface area contributed by atoms with Gasteiger partial charge in [0.15, 0.2) is 5.58 Å². The average molecular weight is 615 g/mol. The molecule has 0 unspecified atom stereocenters. The summed E-state index contributed by atoms with van der Waals surface area (Å²) in [6.07, 6.45) is 0. The molecule has 11 rings (SSSR count). The van der Waals surface area contributed by atoms with Crippen LogP contribution in [0.1, 0.15) is 25.0 Å². The summed E-state index contributed by atoms with van der Waals surface area (Å²) < 4.78 is 11.5. The first-order valence-electron chi connectivity index (χ1n) is 16.7. The summed E-state index contributed by atoms with van der Waals surface area (Å²) in [6, 6.07) is 53.1. The molecule has 48 heavy (non-hydrogen) atoms. The highest BCUT2D eigenvalue weighted by atomic mass is 16.3. The summed E-state index contributed by atoms with van der Waals surface area (Å²) in [6.45, 7) is 4.71. The van der Waals surface area contributed by atoms with E-state index in [9.17, 15) is 0 Å². The number of hydrogen-bond acceptors (Lipinski definition) is 1. The minimum Gasteiger partial charge on any atom is -0.454 e. The SMILES string of the molecule is CC1(C)c2ccccc2-c2ccc(-n3c4ccccc4c4c3ccc3c5ccccc5n(-c5cccc6c5oc5ccccc56)c34)cc21. The van der Waals surface area contributed by atoms with E-state index in [4.69, 9.17) is 4.42 Å². The van der Waals surface area contributed by atoms with Gasteiger partial charge in [0, 0.05) is 43.4 Å². The van der Waals surface area contributed by atoms with Gasteiger partial charge in [-0.15, -0.1) is 0 Å². The molecule has 226 valence electrons. The van der Waals surface area contributed by atoms with Gasteiger partial charge >= 0.3 is 0 Å². The van der Waals surface area contributed by atoms with Gasteiger partial charge in [-0.05, 0) is 64.7 Å². The fourth-order valence-electron chi connectivity index (χ4n) is 8.78. The van der Waals surface area contributed by atoms with Gasteiger partial charge in [-0.2, -0.15) is 0 Å². The minimum absolute atomic E-state index is 0.0777. The molecule has 0 amide bonds. The van der Waals surface area contributed by atoms with E-state index in [1.54, 1.807) is 0 Å². The molecule has 0 spiro atoms. The van der Waals surface area contributed by atoms with E-state index in [2.05, 4.69) is 163 Å². The molecule has 0 saturated heterocycles. The lowest BCUT2D eigenvalue weighted by Crippen LogP contribution is -2.15. The summed E-state index contributed by atoms with van der Waals surface area (Å²) in [5.74, 6) is 0. The first-order chi connectivity index (χ1) is 23.6. The van der Waals surface area contributed by atoms with Crippen LogP contribution < -0.4 is 0 Å². The standard InChI is InChI=1S/C45H30N2O/c1-45(2)35-17-7-3-12-28(35)29-23-22-27(26-36(29)45)46-38-19-9-5-15-34(38)42-39(46)25-24-32-30-13-4-8-18-37(30)47(43(32)42)40-20-11-16-33-31-14-6-10-21-41(31)48-44(33)40/h3-26H,1-2H3. The lowest BCUT2D eigenvalue weighted by atomic mass is 9.82.